The minimum absolute atomic E-state index is 0.233. The van der Waals surface area contributed by atoms with E-state index >= 15 is 0 Å². The first-order chi connectivity index (χ1) is 15.6. The molecule has 6 nitrogen and oxygen atoms in total. The number of ketones is 1. The number of Topliss-reactive ketones (excluding diaryl/α,β-unsaturated/α-hetero) is 1. The van der Waals surface area contributed by atoms with Crippen LogP contribution in [-0.4, -0.2) is 70.6 Å². The molecule has 0 bridgehead atoms. The van der Waals surface area contributed by atoms with Gasteiger partial charge in [-0.05, 0) is 44.9 Å². The number of carbonyl (C=O) groups is 1. The minimum Gasteiger partial charge on any atom is -0.376 e. The molecule has 2 saturated heterocycles. The summed E-state index contributed by atoms with van der Waals surface area (Å²) in [6.45, 7) is 11.1. The zero-order valence-electron chi connectivity index (χ0n) is 19.0. The van der Waals surface area contributed by atoms with Crippen LogP contribution in [0.15, 0.2) is 30.3 Å². The predicted molar refractivity (Wildman–Crippen MR) is 129 cm³/mol. The highest BCUT2D eigenvalue weighted by Crippen LogP contribution is 2.24. The van der Waals surface area contributed by atoms with Crippen molar-refractivity contribution < 1.29 is 9.53 Å². The SMILES string of the molecule is Cc1cc(C(=O)CN2CCN(Cc3nc4ccccc4s3)CC2)c(C)n1C[C@H]1CCCO1. The number of thiazole rings is 1. The molecule has 5 rings (SSSR count). The number of aryl methyl sites for hydroxylation is 1. The van der Waals surface area contributed by atoms with E-state index in [9.17, 15) is 4.79 Å². The van der Waals surface area contributed by atoms with Crippen LogP contribution in [-0.2, 0) is 17.8 Å². The van der Waals surface area contributed by atoms with Crippen molar-refractivity contribution in [3.8, 4) is 0 Å². The van der Waals surface area contributed by atoms with Crippen LogP contribution < -0.4 is 0 Å². The summed E-state index contributed by atoms with van der Waals surface area (Å²) in [6, 6.07) is 10.4. The molecule has 0 spiro atoms. The number of aromatic nitrogens is 2. The third-order valence-corrected chi connectivity index (χ3v) is 7.83. The van der Waals surface area contributed by atoms with Crippen molar-refractivity contribution >= 4 is 27.3 Å². The molecule has 2 fully saturated rings. The van der Waals surface area contributed by atoms with Gasteiger partial charge in [-0.25, -0.2) is 4.98 Å². The zero-order chi connectivity index (χ0) is 22.1. The van der Waals surface area contributed by atoms with Crippen molar-refractivity contribution in [1.82, 2.24) is 19.4 Å². The van der Waals surface area contributed by atoms with Crippen molar-refractivity contribution in [2.75, 3.05) is 39.3 Å². The van der Waals surface area contributed by atoms with Crippen LogP contribution in [0, 0.1) is 13.8 Å². The van der Waals surface area contributed by atoms with Crippen LogP contribution in [0.5, 0.6) is 0 Å². The fourth-order valence-electron chi connectivity index (χ4n) is 4.93. The van der Waals surface area contributed by atoms with Gasteiger partial charge >= 0.3 is 0 Å². The number of para-hydroxylation sites is 1. The zero-order valence-corrected chi connectivity index (χ0v) is 19.9. The van der Waals surface area contributed by atoms with E-state index in [1.54, 1.807) is 11.3 Å². The molecule has 2 aliphatic heterocycles. The lowest BCUT2D eigenvalue weighted by Crippen LogP contribution is -2.47. The maximum Gasteiger partial charge on any atom is 0.178 e. The maximum absolute atomic E-state index is 13.1. The first kappa shape index (κ1) is 21.8. The molecule has 0 N–H and O–H groups in total. The number of hydrogen-bond acceptors (Lipinski definition) is 6. The minimum atomic E-state index is 0.233. The quantitative estimate of drug-likeness (QED) is 0.509. The third kappa shape index (κ3) is 4.66. The Bertz CT molecular complexity index is 1060. The molecule has 0 saturated carbocycles. The van der Waals surface area contributed by atoms with Gasteiger partial charge in [0.2, 0.25) is 0 Å². The van der Waals surface area contributed by atoms with Gasteiger partial charge in [-0.15, -0.1) is 11.3 Å². The lowest BCUT2D eigenvalue weighted by atomic mass is 10.1. The largest absolute Gasteiger partial charge is 0.376 e. The van der Waals surface area contributed by atoms with Crippen LogP contribution in [0.2, 0.25) is 0 Å². The average Bonchev–Trinajstić information content (AvgIpc) is 3.51. The number of nitrogens with zero attached hydrogens (tertiary/aromatic N) is 4. The topological polar surface area (TPSA) is 50.6 Å². The molecule has 0 unspecified atom stereocenters. The lowest BCUT2D eigenvalue weighted by Gasteiger charge is -2.33. The van der Waals surface area contributed by atoms with Crippen molar-refractivity contribution in [3.05, 3.63) is 52.3 Å². The van der Waals surface area contributed by atoms with Gasteiger partial charge in [-0.3, -0.25) is 14.6 Å². The number of carbonyl (C=O) groups excluding carboxylic acids is 1. The van der Waals surface area contributed by atoms with Gasteiger partial charge in [-0.1, -0.05) is 12.1 Å². The average molecular weight is 453 g/mol. The summed E-state index contributed by atoms with van der Waals surface area (Å²) in [6.07, 6.45) is 2.54. The van der Waals surface area contributed by atoms with E-state index in [0.717, 1.165) is 81.2 Å². The summed E-state index contributed by atoms with van der Waals surface area (Å²) in [5.74, 6) is 0.233. The molecule has 4 heterocycles. The highest BCUT2D eigenvalue weighted by Gasteiger charge is 2.24. The normalized spacial score (nSPS) is 20.4. The molecule has 0 amide bonds. The molecule has 1 aromatic carbocycles. The second-order valence-electron chi connectivity index (χ2n) is 9.08. The van der Waals surface area contributed by atoms with E-state index in [2.05, 4.69) is 52.5 Å². The van der Waals surface area contributed by atoms with E-state index in [1.807, 2.05) is 6.07 Å². The first-order valence-corrected chi connectivity index (χ1v) is 12.5. The monoisotopic (exact) mass is 452 g/mol. The molecule has 32 heavy (non-hydrogen) atoms. The van der Waals surface area contributed by atoms with Gasteiger partial charge in [-0.2, -0.15) is 0 Å². The Labute approximate surface area is 193 Å². The van der Waals surface area contributed by atoms with E-state index < -0.39 is 0 Å². The summed E-state index contributed by atoms with van der Waals surface area (Å²) in [5, 5.41) is 1.18. The van der Waals surface area contributed by atoms with Crippen LogP contribution in [0.25, 0.3) is 10.2 Å². The predicted octanol–water partition coefficient (Wildman–Crippen LogP) is 3.89. The molecule has 3 aromatic rings. The van der Waals surface area contributed by atoms with Crippen molar-refractivity contribution in [2.24, 2.45) is 0 Å². The molecule has 7 heteroatoms. The summed E-state index contributed by atoms with van der Waals surface area (Å²) in [4.78, 5) is 22.6. The molecular formula is C25H32N4O2S. The van der Waals surface area contributed by atoms with E-state index in [4.69, 9.17) is 9.72 Å². The summed E-state index contributed by atoms with van der Waals surface area (Å²) in [5.41, 5.74) is 4.20. The molecule has 2 aliphatic rings. The smallest absolute Gasteiger partial charge is 0.178 e. The highest BCUT2D eigenvalue weighted by atomic mass is 32.1. The summed E-state index contributed by atoms with van der Waals surface area (Å²) < 4.78 is 9.32. The summed E-state index contributed by atoms with van der Waals surface area (Å²) >= 11 is 1.78. The highest BCUT2D eigenvalue weighted by molar-refractivity contribution is 7.18. The fraction of sp³-hybridized carbons (Fsp3) is 0.520. The van der Waals surface area contributed by atoms with Gasteiger partial charge < -0.3 is 9.30 Å². The summed E-state index contributed by atoms with van der Waals surface area (Å²) in [7, 11) is 0. The Hall–Kier alpha value is -2.06. The Kier molecular flexibility index (Phi) is 6.42. The van der Waals surface area contributed by atoms with Crippen molar-refractivity contribution in [1.29, 1.82) is 0 Å². The lowest BCUT2D eigenvalue weighted by molar-refractivity contribution is 0.0841. The number of benzene rings is 1. The van der Waals surface area contributed by atoms with Crippen LogP contribution in [0.3, 0.4) is 0 Å². The molecule has 1 atom stereocenters. The Morgan fingerprint density at radius 3 is 2.69 bits per heavy atom. The van der Waals surface area contributed by atoms with E-state index in [0.29, 0.717) is 6.54 Å². The van der Waals surface area contributed by atoms with Gasteiger partial charge in [0.1, 0.15) is 5.01 Å². The second-order valence-corrected chi connectivity index (χ2v) is 10.2. The molecule has 2 aromatic heterocycles. The Morgan fingerprint density at radius 1 is 1.16 bits per heavy atom. The van der Waals surface area contributed by atoms with Crippen LogP contribution in [0.1, 0.15) is 39.6 Å². The number of hydrogen-bond donors (Lipinski definition) is 0. The van der Waals surface area contributed by atoms with Crippen molar-refractivity contribution in [2.45, 2.75) is 45.9 Å². The van der Waals surface area contributed by atoms with Gasteiger partial charge in [0.05, 0.1) is 29.4 Å². The Morgan fingerprint density at radius 2 is 1.94 bits per heavy atom. The van der Waals surface area contributed by atoms with Crippen LogP contribution in [0.4, 0.5) is 0 Å². The van der Waals surface area contributed by atoms with Gasteiger partial charge in [0.25, 0.3) is 0 Å². The van der Waals surface area contributed by atoms with Crippen molar-refractivity contribution in [3.63, 3.8) is 0 Å². The standard InChI is InChI=1S/C25H32N4O2S/c1-18-14-21(19(2)29(18)15-20-6-5-13-31-20)23(30)16-27-9-11-28(12-10-27)17-25-26-22-7-3-4-8-24(22)32-25/h3-4,7-8,14,20H,5-6,9-13,15-17H2,1-2H3/t20-/m1/s1. The Balaban J connectivity index is 1.15. The molecule has 170 valence electrons. The number of fused-ring (bicyclic) bond motifs is 1. The molecular weight excluding hydrogens is 420 g/mol. The second kappa shape index (κ2) is 9.43. The number of rotatable bonds is 7. The maximum atomic E-state index is 13.1. The number of ether oxygens (including phenoxy) is 1. The molecule has 0 aliphatic carbocycles. The third-order valence-electron chi connectivity index (χ3n) is 6.81. The molecule has 0 radical (unpaired) electrons. The fourth-order valence-corrected chi connectivity index (χ4v) is 5.94. The van der Waals surface area contributed by atoms with Crippen LogP contribution >= 0.6 is 11.3 Å². The van der Waals surface area contributed by atoms with E-state index in [1.165, 1.54) is 9.71 Å². The number of piperazine rings is 1. The van der Waals surface area contributed by atoms with E-state index in [-0.39, 0.29) is 11.9 Å². The first-order valence-electron chi connectivity index (χ1n) is 11.7. The van der Waals surface area contributed by atoms with Gasteiger partial charge in [0.15, 0.2) is 5.78 Å². The van der Waals surface area contributed by atoms with Gasteiger partial charge in [0, 0.05) is 56.3 Å².